The fourth-order valence-corrected chi connectivity index (χ4v) is 2.14. The van der Waals surface area contributed by atoms with Crippen molar-refractivity contribution in [1.29, 1.82) is 0 Å². The minimum absolute atomic E-state index is 0.555. The Morgan fingerprint density at radius 2 is 1.65 bits per heavy atom. The van der Waals surface area contributed by atoms with Crippen LogP contribution in [0.2, 0.25) is 0 Å². The van der Waals surface area contributed by atoms with Gasteiger partial charge in [0.25, 0.3) is 0 Å². The zero-order valence-corrected chi connectivity index (χ0v) is 11.8. The summed E-state index contributed by atoms with van der Waals surface area (Å²) in [6.07, 6.45) is 4.36. The molecule has 0 saturated heterocycles. The van der Waals surface area contributed by atoms with Crippen molar-refractivity contribution in [2.75, 3.05) is 5.32 Å². The second kappa shape index (κ2) is 6.63. The second-order valence-corrected chi connectivity index (χ2v) is 5.79. The van der Waals surface area contributed by atoms with Crippen LogP contribution in [0.25, 0.3) is 0 Å². The van der Waals surface area contributed by atoms with Crippen molar-refractivity contribution >= 4 is 5.69 Å². The standard InChI is InChI=1S/C15H26N2/c1-11(2)8-15(9-12(3)4)17-14-7-6-13(5)16-10-14/h6-7,10-12,15,17H,8-9H2,1-5H3. The minimum atomic E-state index is 0.555. The third kappa shape index (κ3) is 5.71. The monoisotopic (exact) mass is 234 g/mol. The van der Waals surface area contributed by atoms with E-state index in [1.54, 1.807) is 0 Å². The lowest BCUT2D eigenvalue weighted by molar-refractivity contribution is 0.442. The van der Waals surface area contributed by atoms with Gasteiger partial charge < -0.3 is 5.32 Å². The lowest BCUT2D eigenvalue weighted by Crippen LogP contribution is -2.23. The number of anilines is 1. The molecule has 0 bridgehead atoms. The number of pyridine rings is 1. The van der Waals surface area contributed by atoms with E-state index in [-0.39, 0.29) is 0 Å². The van der Waals surface area contributed by atoms with E-state index in [0.29, 0.717) is 6.04 Å². The molecule has 0 unspecified atom stereocenters. The van der Waals surface area contributed by atoms with Crippen LogP contribution in [0.15, 0.2) is 18.3 Å². The number of hydrogen-bond acceptors (Lipinski definition) is 2. The van der Waals surface area contributed by atoms with Crippen LogP contribution in [0.5, 0.6) is 0 Å². The Kier molecular flexibility index (Phi) is 5.46. The summed E-state index contributed by atoms with van der Waals surface area (Å²) in [5, 5.41) is 3.61. The SMILES string of the molecule is Cc1ccc(NC(CC(C)C)CC(C)C)cn1. The molecule has 0 amide bonds. The van der Waals surface area contributed by atoms with E-state index >= 15 is 0 Å². The van der Waals surface area contributed by atoms with Gasteiger partial charge in [-0.25, -0.2) is 0 Å². The van der Waals surface area contributed by atoms with Gasteiger partial charge in [0, 0.05) is 11.7 Å². The van der Waals surface area contributed by atoms with Crippen LogP contribution < -0.4 is 5.32 Å². The zero-order chi connectivity index (χ0) is 12.8. The lowest BCUT2D eigenvalue weighted by atomic mass is 9.95. The van der Waals surface area contributed by atoms with E-state index in [9.17, 15) is 0 Å². The van der Waals surface area contributed by atoms with E-state index < -0.39 is 0 Å². The molecule has 1 N–H and O–H groups in total. The topological polar surface area (TPSA) is 24.9 Å². The first-order valence-corrected chi connectivity index (χ1v) is 6.66. The molecule has 0 spiro atoms. The Morgan fingerprint density at radius 3 is 2.06 bits per heavy atom. The molecule has 1 heterocycles. The van der Waals surface area contributed by atoms with Crippen molar-refractivity contribution in [3.63, 3.8) is 0 Å². The molecule has 0 fully saturated rings. The quantitative estimate of drug-likeness (QED) is 0.795. The van der Waals surface area contributed by atoms with Crippen molar-refractivity contribution in [2.24, 2.45) is 11.8 Å². The predicted octanol–water partition coefficient (Wildman–Crippen LogP) is 4.26. The highest BCUT2D eigenvalue weighted by Gasteiger charge is 2.12. The largest absolute Gasteiger partial charge is 0.381 e. The molecular weight excluding hydrogens is 208 g/mol. The van der Waals surface area contributed by atoms with E-state index in [0.717, 1.165) is 23.2 Å². The highest BCUT2D eigenvalue weighted by Crippen LogP contribution is 2.18. The maximum absolute atomic E-state index is 4.33. The number of rotatable bonds is 6. The zero-order valence-electron chi connectivity index (χ0n) is 11.8. The maximum atomic E-state index is 4.33. The summed E-state index contributed by atoms with van der Waals surface area (Å²) >= 11 is 0. The van der Waals surface area contributed by atoms with E-state index in [2.05, 4.69) is 50.1 Å². The van der Waals surface area contributed by atoms with Gasteiger partial charge in [0.2, 0.25) is 0 Å². The van der Waals surface area contributed by atoms with Gasteiger partial charge in [0.1, 0.15) is 0 Å². The smallest absolute Gasteiger partial charge is 0.0529 e. The Bertz CT molecular complexity index is 304. The molecule has 1 rings (SSSR count). The molecule has 0 aromatic carbocycles. The van der Waals surface area contributed by atoms with Gasteiger partial charge in [0.15, 0.2) is 0 Å². The number of nitrogens with zero attached hydrogens (tertiary/aromatic N) is 1. The molecule has 0 aliphatic heterocycles. The lowest BCUT2D eigenvalue weighted by Gasteiger charge is -2.23. The summed E-state index contributed by atoms with van der Waals surface area (Å²) in [5.41, 5.74) is 2.21. The van der Waals surface area contributed by atoms with Crippen LogP contribution in [-0.4, -0.2) is 11.0 Å². The molecule has 1 aromatic rings. The Morgan fingerprint density at radius 1 is 1.06 bits per heavy atom. The fraction of sp³-hybridized carbons (Fsp3) is 0.667. The van der Waals surface area contributed by atoms with E-state index in [1.165, 1.54) is 12.8 Å². The molecule has 2 heteroatoms. The molecule has 0 radical (unpaired) electrons. The molecule has 96 valence electrons. The Hall–Kier alpha value is -1.05. The summed E-state index contributed by atoms with van der Waals surface area (Å²) in [4.78, 5) is 4.33. The highest BCUT2D eigenvalue weighted by molar-refractivity contribution is 5.41. The summed E-state index contributed by atoms with van der Waals surface area (Å²) in [6.45, 7) is 11.1. The minimum Gasteiger partial charge on any atom is -0.381 e. The summed E-state index contributed by atoms with van der Waals surface area (Å²) < 4.78 is 0. The van der Waals surface area contributed by atoms with Crippen molar-refractivity contribution < 1.29 is 0 Å². The number of hydrogen-bond donors (Lipinski definition) is 1. The van der Waals surface area contributed by atoms with Crippen LogP contribution in [0.4, 0.5) is 5.69 Å². The Balaban J connectivity index is 2.61. The van der Waals surface area contributed by atoms with Crippen LogP contribution in [0, 0.1) is 18.8 Å². The van der Waals surface area contributed by atoms with Crippen LogP contribution in [0.3, 0.4) is 0 Å². The van der Waals surface area contributed by atoms with Gasteiger partial charge in [-0.1, -0.05) is 27.7 Å². The molecule has 0 atom stereocenters. The summed E-state index contributed by atoms with van der Waals surface area (Å²) in [5.74, 6) is 1.45. The van der Waals surface area contributed by atoms with Gasteiger partial charge in [-0.2, -0.15) is 0 Å². The van der Waals surface area contributed by atoms with Crippen LogP contribution in [-0.2, 0) is 0 Å². The summed E-state index contributed by atoms with van der Waals surface area (Å²) in [6, 6.07) is 4.74. The highest BCUT2D eigenvalue weighted by atomic mass is 14.9. The first kappa shape index (κ1) is 14.0. The van der Waals surface area contributed by atoms with Crippen LogP contribution in [0.1, 0.15) is 46.2 Å². The average Bonchev–Trinajstić information content (AvgIpc) is 2.19. The number of nitrogens with one attached hydrogen (secondary N) is 1. The summed E-state index contributed by atoms with van der Waals surface area (Å²) in [7, 11) is 0. The van der Waals surface area contributed by atoms with Gasteiger partial charge in [-0.3, -0.25) is 4.98 Å². The van der Waals surface area contributed by atoms with E-state index in [1.807, 2.05) is 13.1 Å². The van der Waals surface area contributed by atoms with Gasteiger partial charge >= 0.3 is 0 Å². The predicted molar refractivity (Wildman–Crippen MR) is 75.3 cm³/mol. The van der Waals surface area contributed by atoms with Gasteiger partial charge in [0.05, 0.1) is 11.9 Å². The first-order chi connectivity index (χ1) is 7.97. The van der Waals surface area contributed by atoms with Gasteiger partial charge in [-0.15, -0.1) is 0 Å². The fourth-order valence-electron chi connectivity index (χ4n) is 2.14. The first-order valence-electron chi connectivity index (χ1n) is 6.66. The van der Waals surface area contributed by atoms with Crippen molar-refractivity contribution in [3.8, 4) is 0 Å². The normalized spacial score (nSPS) is 11.5. The van der Waals surface area contributed by atoms with Crippen molar-refractivity contribution in [1.82, 2.24) is 4.98 Å². The molecule has 17 heavy (non-hydrogen) atoms. The Labute approximate surface area is 106 Å². The molecule has 0 aliphatic carbocycles. The van der Waals surface area contributed by atoms with Gasteiger partial charge in [-0.05, 0) is 43.7 Å². The van der Waals surface area contributed by atoms with Crippen molar-refractivity contribution in [2.45, 2.75) is 53.5 Å². The van der Waals surface area contributed by atoms with Crippen LogP contribution >= 0.6 is 0 Å². The maximum Gasteiger partial charge on any atom is 0.0529 e. The van der Waals surface area contributed by atoms with Crippen molar-refractivity contribution in [3.05, 3.63) is 24.0 Å². The number of aryl methyl sites for hydroxylation is 1. The number of aromatic nitrogens is 1. The molecular formula is C15H26N2. The molecule has 1 aromatic heterocycles. The molecule has 0 aliphatic rings. The molecule has 0 saturated carbocycles. The third-order valence-corrected chi connectivity index (χ3v) is 2.79. The third-order valence-electron chi connectivity index (χ3n) is 2.79. The second-order valence-electron chi connectivity index (χ2n) is 5.79. The van der Waals surface area contributed by atoms with E-state index in [4.69, 9.17) is 0 Å². The average molecular weight is 234 g/mol. The molecule has 2 nitrogen and oxygen atoms in total.